The number of aromatic hydroxyl groups is 2. The van der Waals surface area contributed by atoms with Crippen LogP contribution in [0, 0.1) is 0 Å². The first-order chi connectivity index (χ1) is 24.9. The summed E-state index contributed by atoms with van der Waals surface area (Å²) in [5, 5.41) is 41.1. The van der Waals surface area contributed by atoms with Gasteiger partial charge in [-0.25, -0.2) is 8.42 Å². The van der Waals surface area contributed by atoms with Crippen LogP contribution in [0.25, 0.3) is 10.8 Å². The lowest BCUT2D eigenvalue weighted by Gasteiger charge is -2.13. The average molecular weight is 823 g/mol. The first kappa shape index (κ1) is 39.4. The number of phenols is 2. The van der Waals surface area contributed by atoms with E-state index in [4.69, 9.17) is 0 Å². The Hall–Kier alpha value is -5.83. The number of nitrogens with zero attached hydrogens (tertiary/aromatic N) is 6. The van der Waals surface area contributed by atoms with Crippen LogP contribution in [0.1, 0.15) is 6.92 Å². The van der Waals surface area contributed by atoms with Crippen molar-refractivity contribution < 1.29 is 67.1 Å². The summed E-state index contributed by atoms with van der Waals surface area (Å²) >= 11 is 0. The van der Waals surface area contributed by atoms with Gasteiger partial charge in [0.25, 0.3) is 36.3 Å². The molecule has 5 N–H and O–H groups in total. The summed E-state index contributed by atoms with van der Waals surface area (Å²) in [4.78, 5) is 21.8. The van der Waals surface area contributed by atoms with Gasteiger partial charge in [-0.2, -0.15) is 45.6 Å². The van der Waals surface area contributed by atoms with E-state index < -0.39 is 106 Å². The topological polar surface area (TPSA) is 337 Å². The molecule has 0 fully saturated rings. The number of amides is 1. The molecule has 0 saturated heterocycles. The van der Waals surface area contributed by atoms with Gasteiger partial charge in [-0.05, 0) is 53.9 Å². The molecule has 21 nitrogen and oxygen atoms in total. The third kappa shape index (κ3) is 7.76. The summed E-state index contributed by atoms with van der Waals surface area (Å²) in [5.74, 6) is -4.02. The van der Waals surface area contributed by atoms with Gasteiger partial charge in [-0.15, -0.1) is 10.2 Å². The minimum atomic E-state index is -5.29. The summed E-state index contributed by atoms with van der Waals surface area (Å²) in [6.45, 7) is 4.16. The number of fused-ring (bicyclic) bond motifs is 1. The number of hydrogen-bond donors (Lipinski definition) is 5. The van der Waals surface area contributed by atoms with Gasteiger partial charge in [0.05, 0.1) is 21.2 Å². The van der Waals surface area contributed by atoms with E-state index in [1.165, 1.54) is 24.3 Å². The van der Waals surface area contributed by atoms with Crippen molar-refractivity contribution >= 4 is 91.1 Å². The van der Waals surface area contributed by atoms with E-state index in [9.17, 15) is 67.1 Å². The third-order valence-electron chi connectivity index (χ3n) is 7.34. The lowest BCUT2D eigenvalue weighted by atomic mass is 10.1. The van der Waals surface area contributed by atoms with E-state index in [1.807, 2.05) is 0 Å². The monoisotopic (exact) mass is 822 g/mol. The molecule has 0 radical (unpaired) electrons. The number of rotatable bonds is 11. The van der Waals surface area contributed by atoms with Gasteiger partial charge in [-0.3, -0.25) is 23.2 Å². The van der Waals surface area contributed by atoms with Crippen LogP contribution in [0.5, 0.6) is 11.5 Å². The molecular formula is C29H22N6O15S4. The SMILES string of the molecule is C=CS(=O)(=O)c1cc(N=Nc2c(S(=O)(=O)O)cc3ccc(N=NC4C(=O)N(c5cccc(S(=O)(=O)O)c5)N=C4C(C)=O)cc3c2O)c(O)c(S(=O)(=O)O)c1. The highest BCUT2D eigenvalue weighted by atomic mass is 32.2. The van der Waals surface area contributed by atoms with Crippen LogP contribution in [-0.4, -0.2) is 81.0 Å². The largest absolute Gasteiger partial charge is 0.505 e. The molecule has 0 spiro atoms. The van der Waals surface area contributed by atoms with Crippen LogP contribution in [0.3, 0.4) is 0 Å². The second kappa shape index (κ2) is 13.9. The van der Waals surface area contributed by atoms with Crippen molar-refractivity contribution in [2.24, 2.45) is 25.6 Å². The minimum Gasteiger partial charge on any atom is -0.505 e. The summed E-state index contributed by atoms with van der Waals surface area (Å²) < 4.78 is 125. The van der Waals surface area contributed by atoms with E-state index in [-0.39, 0.29) is 22.1 Å². The van der Waals surface area contributed by atoms with Crippen LogP contribution in [-0.2, 0) is 49.8 Å². The maximum absolute atomic E-state index is 13.3. The first-order valence-electron chi connectivity index (χ1n) is 14.3. The van der Waals surface area contributed by atoms with E-state index in [2.05, 4.69) is 32.1 Å². The zero-order chi connectivity index (χ0) is 40.1. The van der Waals surface area contributed by atoms with Gasteiger partial charge in [-0.1, -0.05) is 18.7 Å². The van der Waals surface area contributed by atoms with Crippen LogP contribution in [0.2, 0.25) is 0 Å². The number of hydrazone groups is 1. The number of carbonyl (C=O) groups is 2. The van der Waals surface area contributed by atoms with Crippen LogP contribution < -0.4 is 5.01 Å². The summed E-state index contributed by atoms with van der Waals surface area (Å²) in [6, 6.07) is 8.07. The molecule has 1 unspecified atom stereocenters. The molecule has 4 aromatic carbocycles. The molecule has 54 heavy (non-hydrogen) atoms. The Morgan fingerprint density at radius 1 is 0.796 bits per heavy atom. The van der Waals surface area contributed by atoms with Gasteiger partial charge >= 0.3 is 0 Å². The van der Waals surface area contributed by atoms with Gasteiger partial charge in [0.15, 0.2) is 33.2 Å². The number of hydrogen-bond acceptors (Lipinski definition) is 17. The number of carbonyl (C=O) groups excluding carboxylic acids is 2. The van der Waals surface area contributed by atoms with E-state index >= 15 is 0 Å². The fraction of sp³-hybridized carbons (Fsp3) is 0.0690. The number of azo groups is 2. The predicted octanol–water partition coefficient (Wildman–Crippen LogP) is 3.77. The average Bonchev–Trinajstić information content (AvgIpc) is 3.42. The fourth-order valence-electron chi connectivity index (χ4n) is 4.79. The zero-order valence-electron chi connectivity index (χ0n) is 26.8. The van der Waals surface area contributed by atoms with Crippen molar-refractivity contribution in [1.82, 2.24) is 0 Å². The lowest BCUT2D eigenvalue weighted by Crippen LogP contribution is -2.32. The van der Waals surface area contributed by atoms with Crippen molar-refractivity contribution in [2.75, 3.05) is 5.01 Å². The Kier molecular flexibility index (Phi) is 10.1. The standard InChI is InChI=1S/C29H22N6O15S4/c1-3-51(40,41)19-12-21(28(38)23(13-19)54(48,49)50)31-32-25-22(53(45,46)47)9-15-7-8-16(10-20(15)27(25)37)30-33-26-24(14(2)36)34-35(29(26)39)17-5-4-6-18(11-17)52(42,43)44/h3-13,26,37-38H,1H2,2H3,(H,42,43,44)(H,45,46,47)(H,48,49,50). The molecule has 4 aromatic rings. The van der Waals surface area contributed by atoms with Crippen molar-refractivity contribution in [3.05, 3.63) is 72.7 Å². The number of phenolic OH excluding ortho intramolecular Hbond substituents is 2. The Balaban J connectivity index is 1.59. The molecule has 0 saturated carbocycles. The van der Waals surface area contributed by atoms with E-state index in [0.29, 0.717) is 22.5 Å². The van der Waals surface area contributed by atoms with Crippen LogP contribution in [0.4, 0.5) is 22.7 Å². The lowest BCUT2D eigenvalue weighted by molar-refractivity contribution is -0.118. The van der Waals surface area contributed by atoms with Gasteiger partial charge in [0.1, 0.15) is 26.9 Å². The smallest absolute Gasteiger partial charge is 0.298 e. The molecular weight excluding hydrogens is 801 g/mol. The normalized spacial score (nSPS) is 15.7. The number of Topliss-reactive ketones (excluding diaryl/α,β-unsaturated/α-hetero) is 1. The fourth-order valence-corrected chi connectivity index (χ4v) is 7.41. The Labute approximate surface area is 304 Å². The van der Waals surface area contributed by atoms with Crippen LogP contribution >= 0.6 is 0 Å². The van der Waals surface area contributed by atoms with E-state index in [0.717, 1.165) is 31.2 Å². The summed E-state index contributed by atoms with van der Waals surface area (Å²) in [6.07, 6.45) is 0. The molecule has 5 rings (SSSR count). The second-order valence-corrected chi connectivity index (χ2v) is 17.0. The molecule has 1 amide bonds. The Bertz CT molecular complexity index is 2870. The Morgan fingerprint density at radius 2 is 1.46 bits per heavy atom. The Morgan fingerprint density at radius 3 is 2.06 bits per heavy atom. The number of ketones is 1. The maximum atomic E-state index is 13.3. The first-order valence-corrected chi connectivity index (χ1v) is 20.1. The predicted molar refractivity (Wildman–Crippen MR) is 185 cm³/mol. The zero-order valence-corrected chi connectivity index (χ0v) is 30.0. The highest BCUT2D eigenvalue weighted by Crippen LogP contribution is 2.44. The van der Waals surface area contributed by atoms with Gasteiger partial charge in [0, 0.05) is 17.7 Å². The highest BCUT2D eigenvalue weighted by molar-refractivity contribution is 7.94. The number of sulfone groups is 1. The van der Waals surface area contributed by atoms with Crippen molar-refractivity contribution in [1.29, 1.82) is 0 Å². The second-order valence-electron chi connectivity index (χ2n) is 10.9. The number of anilines is 1. The highest BCUT2D eigenvalue weighted by Gasteiger charge is 2.39. The molecule has 1 aliphatic rings. The summed E-state index contributed by atoms with van der Waals surface area (Å²) in [7, 11) is -19.6. The number of benzene rings is 4. The minimum absolute atomic E-state index is 0.0681. The van der Waals surface area contributed by atoms with Crippen LogP contribution in [0.15, 0.2) is 118 Å². The van der Waals surface area contributed by atoms with Gasteiger partial charge < -0.3 is 10.2 Å². The van der Waals surface area contributed by atoms with Gasteiger partial charge in [0.2, 0.25) is 0 Å². The molecule has 1 atom stereocenters. The van der Waals surface area contributed by atoms with Crippen molar-refractivity contribution in [2.45, 2.75) is 32.5 Å². The van der Waals surface area contributed by atoms with Crippen molar-refractivity contribution in [3.8, 4) is 11.5 Å². The molecule has 0 aromatic heterocycles. The molecule has 282 valence electrons. The molecule has 0 aliphatic carbocycles. The van der Waals surface area contributed by atoms with Crippen molar-refractivity contribution in [3.63, 3.8) is 0 Å². The molecule has 0 bridgehead atoms. The molecule has 1 heterocycles. The molecule has 25 heteroatoms. The third-order valence-corrected chi connectivity index (χ3v) is 11.3. The van der Waals surface area contributed by atoms with E-state index in [1.54, 1.807) is 0 Å². The summed E-state index contributed by atoms with van der Waals surface area (Å²) in [5.41, 5.74) is -2.66. The quantitative estimate of drug-likeness (QED) is 0.106. The maximum Gasteiger partial charge on any atom is 0.298 e. The molecule has 1 aliphatic heterocycles.